The molecule has 1 N–H and O–H groups in total. The van der Waals surface area contributed by atoms with Crippen LogP contribution in [0.1, 0.15) is 32.8 Å². The highest BCUT2D eigenvalue weighted by Crippen LogP contribution is 2.32. The third kappa shape index (κ3) is 3.95. The van der Waals surface area contributed by atoms with E-state index in [1.165, 1.54) is 20.5 Å². The largest absolute Gasteiger partial charge is 0.480 e. The lowest BCUT2D eigenvalue weighted by Crippen LogP contribution is -2.43. The van der Waals surface area contributed by atoms with Crippen LogP contribution in [0.15, 0.2) is 29.6 Å². The fourth-order valence-electron chi connectivity index (χ4n) is 3.33. The second kappa shape index (κ2) is 6.67. The Morgan fingerprint density at radius 1 is 1.32 bits per heavy atom. The van der Waals surface area contributed by atoms with Crippen molar-refractivity contribution < 1.29 is 19.4 Å². The normalized spacial score (nSPS) is 20.8. The van der Waals surface area contributed by atoms with E-state index in [1.807, 2.05) is 12.1 Å². The number of carboxylic acids is 1. The van der Waals surface area contributed by atoms with Gasteiger partial charge < -0.3 is 9.84 Å². The number of thiophene rings is 1. The number of nitrogens with zero attached hydrogens (tertiary/aromatic N) is 1. The summed E-state index contributed by atoms with van der Waals surface area (Å²) in [4.78, 5) is 25.3. The van der Waals surface area contributed by atoms with Crippen molar-refractivity contribution in [3.05, 3.63) is 35.2 Å². The lowest BCUT2D eigenvalue weighted by molar-refractivity contribution is -0.142. The molecule has 2 heterocycles. The summed E-state index contributed by atoms with van der Waals surface area (Å²) in [7, 11) is 0. The van der Waals surface area contributed by atoms with E-state index < -0.39 is 23.7 Å². The number of hydrogen-bond donors (Lipinski definition) is 1. The minimum atomic E-state index is -0.969. The molecule has 1 aliphatic heterocycles. The van der Waals surface area contributed by atoms with Gasteiger partial charge in [-0.1, -0.05) is 18.2 Å². The second-order valence-corrected chi connectivity index (χ2v) is 8.46. The summed E-state index contributed by atoms with van der Waals surface area (Å²) in [6.45, 7) is 5.76. The molecule has 0 unspecified atom stereocenters. The lowest BCUT2D eigenvalue weighted by atomic mass is 9.96. The number of benzene rings is 1. The molecule has 134 valence electrons. The third-order valence-electron chi connectivity index (χ3n) is 4.37. The van der Waals surface area contributed by atoms with Crippen molar-refractivity contribution in [1.82, 2.24) is 4.90 Å². The standard InChI is InChI=1S/C19H23NO4S/c1-19(2,3)24-18(23)20-10-12(9-15(20)17(21)22)8-13-11-25-16-7-5-4-6-14(13)16/h4-7,11-12,15H,8-10H2,1-3H3,(H,21,22)/t12-,15+/m0/s1. The van der Waals surface area contributed by atoms with E-state index in [2.05, 4.69) is 17.5 Å². The highest BCUT2D eigenvalue weighted by Gasteiger charge is 2.41. The van der Waals surface area contributed by atoms with Crippen LogP contribution in [-0.2, 0) is 16.0 Å². The summed E-state index contributed by atoms with van der Waals surface area (Å²) in [5, 5.41) is 12.9. The Hall–Kier alpha value is -2.08. The number of ether oxygens (including phenoxy) is 1. The number of carboxylic acid groups (broad SMARTS) is 1. The van der Waals surface area contributed by atoms with E-state index in [0.29, 0.717) is 13.0 Å². The molecular weight excluding hydrogens is 338 g/mol. The van der Waals surface area contributed by atoms with Crippen molar-refractivity contribution in [2.75, 3.05) is 6.54 Å². The maximum atomic E-state index is 12.4. The van der Waals surface area contributed by atoms with Crippen LogP contribution in [0.4, 0.5) is 4.79 Å². The quantitative estimate of drug-likeness (QED) is 0.892. The molecule has 0 radical (unpaired) electrons. The molecule has 1 aliphatic rings. The van der Waals surface area contributed by atoms with E-state index in [1.54, 1.807) is 32.1 Å². The molecule has 5 nitrogen and oxygen atoms in total. The molecular formula is C19H23NO4S. The SMILES string of the molecule is CC(C)(C)OC(=O)N1C[C@@H](Cc2csc3ccccc23)C[C@@H]1C(=O)O. The maximum absolute atomic E-state index is 12.4. The number of amides is 1. The van der Waals surface area contributed by atoms with E-state index in [-0.39, 0.29) is 5.92 Å². The summed E-state index contributed by atoms with van der Waals surface area (Å²) in [6.07, 6.45) is 0.684. The molecule has 2 aromatic rings. The summed E-state index contributed by atoms with van der Waals surface area (Å²) >= 11 is 1.70. The number of likely N-dealkylation sites (tertiary alicyclic amines) is 1. The molecule has 25 heavy (non-hydrogen) atoms. The predicted molar refractivity (Wildman–Crippen MR) is 98.0 cm³/mol. The van der Waals surface area contributed by atoms with E-state index in [9.17, 15) is 14.7 Å². The zero-order valence-electron chi connectivity index (χ0n) is 14.7. The molecule has 0 bridgehead atoms. The summed E-state index contributed by atoms with van der Waals surface area (Å²) in [5.74, 6) is -0.852. The van der Waals surface area contributed by atoms with Crippen LogP contribution >= 0.6 is 11.3 Å². The number of hydrogen-bond acceptors (Lipinski definition) is 4. The van der Waals surface area contributed by atoms with Crippen LogP contribution in [0, 0.1) is 5.92 Å². The molecule has 0 spiro atoms. The first kappa shape index (κ1) is 17.7. The first-order valence-electron chi connectivity index (χ1n) is 8.42. The minimum Gasteiger partial charge on any atom is -0.480 e. The molecule has 1 amide bonds. The topological polar surface area (TPSA) is 66.8 Å². The van der Waals surface area contributed by atoms with Gasteiger partial charge in [0.25, 0.3) is 0 Å². The van der Waals surface area contributed by atoms with Gasteiger partial charge in [-0.05, 0) is 61.9 Å². The Morgan fingerprint density at radius 3 is 2.72 bits per heavy atom. The third-order valence-corrected chi connectivity index (χ3v) is 5.38. The Kier molecular flexibility index (Phi) is 4.73. The smallest absolute Gasteiger partial charge is 0.411 e. The average molecular weight is 361 g/mol. The van der Waals surface area contributed by atoms with Crippen molar-refractivity contribution in [3.63, 3.8) is 0 Å². The van der Waals surface area contributed by atoms with Crippen LogP contribution in [0.3, 0.4) is 0 Å². The van der Waals surface area contributed by atoms with Gasteiger partial charge in [-0.2, -0.15) is 0 Å². The van der Waals surface area contributed by atoms with Gasteiger partial charge in [0.15, 0.2) is 0 Å². The van der Waals surface area contributed by atoms with E-state index in [0.717, 1.165) is 6.42 Å². The number of rotatable bonds is 3. The van der Waals surface area contributed by atoms with Gasteiger partial charge in [-0.15, -0.1) is 11.3 Å². The number of carbonyl (C=O) groups excluding carboxylic acids is 1. The lowest BCUT2D eigenvalue weighted by Gasteiger charge is -2.26. The van der Waals surface area contributed by atoms with Gasteiger partial charge >= 0.3 is 12.1 Å². The summed E-state index contributed by atoms with van der Waals surface area (Å²) < 4.78 is 6.61. The van der Waals surface area contributed by atoms with Crippen molar-refractivity contribution in [2.45, 2.75) is 45.3 Å². The molecule has 1 aromatic heterocycles. The molecule has 1 aromatic carbocycles. The highest BCUT2D eigenvalue weighted by molar-refractivity contribution is 7.17. The zero-order chi connectivity index (χ0) is 18.2. The summed E-state index contributed by atoms with van der Waals surface area (Å²) in [5.41, 5.74) is 0.586. The molecule has 1 saturated heterocycles. The average Bonchev–Trinajstić information content (AvgIpc) is 3.11. The van der Waals surface area contributed by atoms with Gasteiger partial charge in [0.1, 0.15) is 11.6 Å². The molecule has 3 rings (SSSR count). The minimum absolute atomic E-state index is 0.117. The van der Waals surface area contributed by atoms with Gasteiger partial charge in [0.05, 0.1) is 0 Å². The van der Waals surface area contributed by atoms with Crippen molar-refractivity contribution in [1.29, 1.82) is 0 Å². The van der Waals surface area contributed by atoms with Crippen LogP contribution in [-0.4, -0.2) is 40.3 Å². The monoisotopic (exact) mass is 361 g/mol. The van der Waals surface area contributed by atoms with Crippen molar-refractivity contribution in [2.24, 2.45) is 5.92 Å². The van der Waals surface area contributed by atoms with Crippen LogP contribution in [0.25, 0.3) is 10.1 Å². The summed E-state index contributed by atoms with van der Waals surface area (Å²) in [6, 6.07) is 7.40. The van der Waals surface area contributed by atoms with Crippen molar-refractivity contribution >= 4 is 33.5 Å². The van der Waals surface area contributed by atoms with Crippen LogP contribution in [0.5, 0.6) is 0 Å². The van der Waals surface area contributed by atoms with E-state index >= 15 is 0 Å². The Balaban J connectivity index is 1.76. The van der Waals surface area contributed by atoms with Crippen molar-refractivity contribution in [3.8, 4) is 0 Å². The number of aliphatic carboxylic acids is 1. The first-order chi connectivity index (χ1) is 11.7. The van der Waals surface area contributed by atoms with Gasteiger partial charge in [-0.25, -0.2) is 9.59 Å². The van der Waals surface area contributed by atoms with E-state index in [4.69, 9.17) is 4.74 Å². The predicted octanol–water partition coefficient (Wildman–Crippen LogP) is 4.15. The van der Waals surface area contributed by atoms with Gasteiger partial charge in [0.2, 0.25) is 0 Å². The zero-order valence-corrected chi connectivity index (χ0v) is 15.5. The number of fused-ring (bicyclic) bond motifs is 1. The van der Waals surface area contributed by atoms with Crippen LogP contribution in [0.2, 0.25) is 0 Å². The van der Waals surface area contributed by atoms with Gasteiger partial charge in [0, 0.05) is 11.2 Å². The first-order valence-corrected chi connectivity index (χ1v) is 9.30. The molecule has 2 atom stereocenters. The molecule has 1 fully saturated rings. The highest BCUT2D eigenvalue weighted by atomic mass is 32.1. The fraction of sp³-hybridized carbons (Fsp3) is 0.474. The van der Waals surface area contributed by atoms with Crippen LogP contribution < -0.4 is 0 Å². The Morgan fingerprint density at radius 2 is 2.04 bits per heavy atom. The Bertz CT molecular complexity index is 792. The fourth-order valence-corrected chi connectivity index (χ4v) is 4.30. The maximum Gasteiger partial charge on any atom is 0.411 e. The second-order valence-electron chi connectivity index (χ2n) is 7.55. The molecule has 6 heteroatoms. The molecule has 0 saturated carbocycles. The van der Waals surface area contributed by atoms with Gasteiger partial charge in [-0.3, -0.25) is 4.90 Å². The Labute approximate surface area is 151 Å². The number of carbonyl (C=O) groups is 2. The molecule has 0 aliphatic carbocycles.